The van der Waals surface area contributed by atoms with E-state index in [1.54, 1.807) is 50.2 Å². The van der Waals surface area contributed by atoms with Crippen molar-refractivity contribution >= 4 is 39.1 Å². The highest BCUT2D eigenvalue weighted by Crippen LogP contribution is 2.31. The standard InChI is InChI=1S/C29H33ClFN3O4S/c1-20-25(30)12-9-13-26(20)34(39(37,38)24-10-7-6-8-11-24)19-27(35)33(18-22-14-16-23(31)17-15-22)21(2)28(36)32-29(3,4)5/h6-17,21H,18-19H2,1-5H3,(H,32,36)/t21-/m1/s1. The van der Waals surface area contributed by atoms with Gasteiger partial charge in [-0.25, -0.2) is 12.8 Å². The van der Waals surface area contributed by atoms with Crippen LogP contribution in [0, 0.1) is 12.7 Å². The minimum atomic E-state index is -4.20. The van der Waals surface area contributed by atoms with Crippen LogP contribution in [0.2, 0.25) is 5.02 Å². The first kappa shape index (κ1) is 30.1. The first-order valence-electron chi connectivity index (χ1n) is 12.4. The number of nitrogens with zero attached hydrogens (tertiary/aromatic N) is 2. The van der Waals surface area contributed by atoms with Crippen LogP contribution in [0.4, 0.5) is 10.1 Å². The van der Waals surface area contributed by atoms with Gasteiger partial charge in [0.25, 0.3) is 10.0 Å². The molecule has 0 radical (unpaired) electrons. The summed E-state index contributed by atoms with van der Waals surface area (Å²) in [6, 6.07) is 17.2. The Hall–Kier alpha value is -3.43. The summed E-state index contributed by atoms with van der Waals surface area (Å²) in [6.45, 7) is 8.08. The van der Waals surface area contributed by atoms with Gasteiger partial charge in [-0.2, -0.15) is 0 Å². The van der Waals surface area contributed by atoms with Crippen LogP contribution in [0.3, 0.4) is 0 Å². The molecule has 0 unspecified atom stereocenters. The minimum Gasteiger partial charge on any atom is -0.350 e. The van der Waals surface area contributed by atoms with Crippen LogP contribution in [0.15, 0.2) is 77.7 Å². The Morgan fingerprint density at radius 1 is 0.974 bits per heavy atom. The molecule has 0 saturated heterocycles. The quantitative estimate of drug-likeness (QED) is 0.376. The normalized spacial score (nSPS) is 12.5. The number of hydrogen-bond donors (Lipinski definition) is 1. The molecule has 0 aliphatic heterocycles. The van der Waals surface area contributed by atoms with Crippen molar-refractivity contribution in [2.24, 2.45) is 0 Å². The van der Waals surface area contributed by atoms with Crippen LogP contribution in [0.25, 0.3) is 0 Å². The summed E-state index contributed by atoms with van der Waals surface area (Å²) in [5.74, 6) is -1.46. The van der Waals surface area contributed by atoms with E-state index < -0.39 is 45.8 Å². The first-order chi connectivity index (χ1) is 18.2. The zero-order valence-corrected chi connectivity index (χ0v) is 24.2. The van der Waals surface area contributed by atoms with E-state index in [-0.39, 0.29) is 17.1 Å². The summed E-state index contributed by atoms with van der Waals surface area (Å²) in [4.78, 5) is 28.3. The summed E-state index contributed by atoms with van der Waals surface area (Å²) in [6.07, 6.45) is 0. The van der Waals surface area contributed by atoms with Crippen molar-refractivity contribution in [2.45, 2.75) is 57.6 Å². The predicted molar refractivity (Wildman–Crippen MR) is 151 cm³/mol. The Bertz CT molecular complexity index is 1430. The molecule has 3 aromatic rings. The molecule has 0 spiro atoms. The van der Waals surface area contributed by atoms with E-state index in [1.807, 2.05) is 20.8 Å². The monoisotopic (exact) mass is 573 g/mol. The Labute approximate surface area is 234 Å². The Morgan fingerprint density at radius 3 is 2.18 bits per heavy atom. The van der Waals surface area contributed by atoms with Crippen LogP contribution in [0.5, 0.6) is 0 Å². The summed E-state index contributed by atoms with van der Waals surface area (Å²) in [5, 5.41) is 3.21. The highest BCUT2D eigenvalue weighted by Gasteiger charge is 2.34. The number of carbonyl (C=O) groups is 2. The molecule has 0 aliphatic carbocycles. The number of carbonyl (C=O) groups excluding carboxylic acids is 2. The molecule has 0 bridgehead atoms. The molecule has 2 amide bonds. The van der Waals surface area contributed by atoms with Crippen LogP contribution in [0.1, 0.15) is 38.8 Å². The lowest BCUT2D eigenvalue weighted by atomic mass is 10.1. The fourth-order valence-electron chi connectivity index (χ4n) is 3.94. The lowest BCUT2D eigenvalue weighted by molar-refractivity contribution is -0.140. The lowest BCUT2D eigenvalue weighted by Gasteiger charge is -2.34. The molecule has 0 fully saturated rings. The highest BCUT2D eigenvalue weighted by atomic mass is 35.5. The molecule has 0 heterocycles. The van der Waals surface area contributed by atoms with E-state index in [2.05, 4.69) is 5.32 Å². The molecule has 0 aromatic heterocycles. The van der Waals surface area contributed by atoms with Crippen molar-refractivity contribution in [3.8, 4) is 0 Å². The molecule has 10 heteroatoms. The summed E-state index contributed by atoms with van der Waals surface area (Å²) >= 11 is 6.33. The molecular weight excluding hydrogens is 541 g/mol. The van der Waals surface area contributed by atoms with Crippen molar-refractivity contribution in [1.29, 1.82) is 0 Å². The van der Waals surface area contributed by atoms with E-state index >= 15 is 0 Å². The van der Waals surface area contributed by atoms with Gasteiger partial charge in [-0.3, -0.25) is 13.9 Å². The molecular formula is C29H33ClFN3O4S. The second kappa shape index (κ2) is 12.2. The number of rotatable bonds is 9. The average molecular weight is 574 g/mol. The van der Waals surface area contributed by atoms with Gasteiger partial charge in [0, 0.05) is 17.1 Å². The highest BCUT2D eigenvalue weighted by molar-refractivity contribution is 7.92. The smallest absolute Gasteiger partial charge is 0.264 e. The maximum Gasteiger partial charge on any atom is 0.264 e. The number of benzene rings is 3. The van der Waals surface area contributed by atoms with Gasteiger partial charge in [0.2, 0.25) is 11.8 Å². The van der Waals surface area contributed by atoms with Gasteiger partial charge in [0.15, 0.2) is 0 Å². The third-order valence-corrected chi connectivity index (χ3v) is 8.23. The Balaban J connectivity index is 2.06. The second-order valence-electron chi connectivity index (χ2n) is 10.3. The van der Waals surface area contributed by atoms with Crippen LogP contribution in [-0.4, -0.2) is 43.3 Å². The summed E-state index contributed by atoms with van der Waals surface area (Å²) < 4.78 is 42.2. The molecule has 1 N–H and O–H groups in total. The van der Waals surface area contributed by atoms with Gasteiger partial charge < -0.3 is 10.2 Å². The SMILES string of the molecule is Cc1c(Cl)cccc1N(CC(=O)N(Cc1ccc(F)cc1)[C@H](C)C(=O)NC(C)(C)C)S(=O)(=O)c1ccccc1. The Kier molecular flexibility index (Phi) is 9.40. The number of halogens is 2. The number of nitrogens with one attached hydrogen (secondary N) is 1. The van der Waals surface area contributed by atoms with E-state index in [9.17, 15) is 22.4 Å². The third kappa shape index (κ3) is 7.58. The lowest BCUT2D eigenvalue weighted by Crippen LogP contribution is -2.54. The number of sulfonamides is 1. The molecule has 3 aromatic carbocycles. The molecule has 1 atom stereocenters. The van der Waals surface area contributed by atoms with Gasteiger partial charge >= 0.3 is 0 Å². The van der Waals surface area contributed by atoms with E-state index in [0.717, 1.165) is 4.31 Å². The fourth-order valence-corrected chi connectivity index (χ4v) is 5.60. The van der Waals surface area contributed by atoms with E-state index in [0.29, 0.717) is 16.1 Å². The van der Waals surface area contributed by atoms with Gasteiger partial charge in [-0.15, -0.1) is 0 Å². The van der Waals surface area contributed by atoms with Crippen molar-refractivity contribution in [3.05, 3.63) is 94.8 Å². The van der Waals surface area contributed by atoms with Crippen molar-refractivity contribution in [1.82, 2.24) is 10.2 Å². The van der Waals surface area contributed by atoms with Crippen molar-refractivity contribution in [3.63, 3.8) is 0 Å². The van der Waals surface area contributed by atoms with Crippen molar-refractivity contribution < 1.29 is 22.4 Å². The van der Waals surface area contributed by atoms with E-state index in [4.69, 9.17) is 11.6 Å². The zero-order valence-electron chi connectivity index (χ0n) is 22.6. The maximum atomic E-state index is 13.9. The minimum absolute atomic E-state index is 0.000726. The summed E-state index contributed by atoms with van der Waals surface area (Å²) in [7, 11) is -4.20. The number of amides is 2. The molecule has 0 saturated carbocycles. The molecule has 3 rings (SSSR count). The zero-order chi connectivity index (χ0) is 29.0. The predicted octanol–water partition coefficient (Wildman–Crippen LogP) is 5.31. The van der Waals surface area contributed by atoms with Crippen molar-refractivity contribution in [2.75, 3.05) is 10.8 Å². The molecule has 208 valence electrons. The van der Waals surface area contributed by atoms with Crippen LogP contribution >= 0.6 is 11.6 Å². The average Bonchev–Trinajstić information content (AvgIpc) is 2.87. The fraction of sp³-hybridized carbons (Fsp3) is 0.310. The second-order valence-corrected chi connectivity index (χ2v) is 12.5. The Morgan fingerprint density at radius 2 is 1.59 bits per heavy atom. The van der Waals surface area contributed by atoms with Gasteiger partial charge in [0.1, 0.15) is 18.4 Å². The largest absolute Gasteiger partial charge is 0.350 e. The number of anilines is 1. The topological polar surface area (TPSA) is 86.8 Å². The van der Waals surface area contributed by atoms with Gasteiger partial charge in [0.05, 0.1) is 10.6 Å². The molecule has 0 aliphatic rings. The van der Waals surface area contributed by atoms with Crippen LogP contribution in [-0.2, 0) is 26.2 Å². The summed E-state index contributed by atoms with van der Waals surface area (Å²) in [5.41, 5.74) is 0.746. The maximum absolute atomic E-state index is 13.9. The number of hydrogen-bond acceptors (Lipinski definition) is 4. The van der Waals surface area contributed by atoms with Crippen LogP contribution < -0.4 is 9.62 Å². The van der Waals surface area contributed by atoms with E-state index in [1.165, 1.54) is 41.3 Å². The molecule has 7 nitrogen and oxygen atoms in total. The first-order valence-corrected chi connectivity index (χ1v) is 14.2. The van der Waals surface area contributed by atoms with Gasteiger partial charge in [-0.05, 0) is 82.1 Å². The van der Waals surface area contributed by atoms with Gasteiger partial charge in [-0.1, -0.05) is 48.0 Å². The molecule has 39 heavy (non-hydrogen) atoms. The third-order valence-electron chi connectivity index (χ3n) is 6.05.